The largest absolute Gasteiger partial charge is 0.368 e. The van der Waals surface area contributed by atoms with E-state index in [1.807, 2.05) is 6.92 Å². The number of benzene rings is 1. The predicted molar refractivity (Wildman–Crippen MR) is 107 cm³/mol. The van der Waals surface area contributed by atoms with Crippen LogP contribution in [0.3, 0.4) is 0 Å². The Balaban J connectivity index is 1.54. The Morgan fingerprint density at radius 1 is 1.23 bits per heavy atom. The van der Waals surface area contributed by atoms with Gasteiger partial charge in [-0.3, -0.25) is 4.79 Å². The Morgan fingerprint density at radius 2 is 2.06 bits per heavy atom. The maximum absolute atomic E-state index is 14.2. The van der Waals surface area contributed by atoms with Gasteiger partial charge in [0.25, 0.3) is 5.91 Å². The molecule has 9 nitrogen and oxygen atoms in total. The van der Waals surface area contributed by atoms with Crippen LogP contribution in [-0.4, -0.2) is 52.9 Å². The summed E-state index contributed by atoms with van der Waals surface area (Å²) in [6.07, 6.45) is 4.35. The standard InChI is InChI=1S/C20H18F2N8O/c1-10-2-3-11(8-29(10)19(31)15-4-5-24-9-25-15)17-27-18-13-6-12(21)7-14(22)16(13)26-20(23)30(18)28-17/h4-7,9-11H,2-3,8H2,1H3,(H2,23,26)/t10-,11+/m0/s1. The van der Waals surface area contributed by atoms with E-state index < -0.39 is 11.6 Å². The molecule has 0 aliphatic carbocycles. The van der Waals surface area contributed by atoms with Crippen molar-refractivity contribution < 1.29 is 13.6 Å². The van der Waals surface area contributed by atoms with Gasteiger partial charge >= 0.3 is 0 Å². The fraction of sp³-hybridized carbons (Fsp3) is 0.300. The number of amides is 1. The van der Waals surface area contributed by atoms with Crippen LogP contribution in [0.1, 0.15) is 42.0 Å². The predicted octanol–water partition coefficient (Wildman–Crippen LogP) is 2.34. The van der Waals surface area contributed by atoms with Crippen LogP contribution in [0.25, 0.3) is 16.6 Å². The van der Waals surface area contributed by atoms with E-state index in [9.17, 15) is 13.6 Å². The van der Waals surface area contributed by atoms with Gasteiger partial charge in [0.1, 0.15) is 23.4 Å². The number of nitrogen functional groups attached to an aromatic ring is 1. The zero-order chi connectivity index (χ0) is 21.7. The van der Waals surface area contributed by atoms with Crippen LogP contribution in [0.5, 0.6) is 0 Å². The third-order valence-corrected chi connectivity index (χ3v) is 5.65. The average Bonchev–Trinajstić information content (AvgIpc) is 3.22. The van der Waals surface area contributed by atoms with Gasteiger partial charge in [-0.2, -0.15) is 4.52 Å². The number of hydrogen-bond acceptors (Lipinski definition) is 7. The molecule has 31 heavy (non-hydrogen) atoms. The number of nitrogens with two attached hydrogens (primary N) is 1. The van der Waals surface area contributed by atoms with Crippen molar-refractivity contribution in [2.24, 2.45) is 0 Å². The van der Waals surface area contributed by atoms with E-state index in [1.165, 1.54) is 17.0 Å². The van der Waals surface area contributed by atoms with Crippen molar-refractivity contribution in [3.63, 3.8) is 0 Å². The summed E-state index contributed by atoms with van der Waals surface area (Å²) in [5, 5.41) is 4.63. The van der Waals surface area contributed by atoms with Gasteiger partial charge in [0.05, 0.1) is 5.39 Å². The lowest BCUT2D eigenvalue weighted by Crippen LogP contribution is -2.45. The minimum atomic E-state index is -0.818. The van der Waals surface area contributed by atoms with Gasteiger partial charge in [-0.1, -0.05) is 0 Å². The summed E-state index contributed by atoms with van der Waals surface area (Å²) in [5.74, 6) is -1.53. The number of piperidine rings is 1. The first-order valence-corrected chi connectivity index (χ1v) is 9.80. The lowest BCUT2D eigenvalue weighted by molar-refractivity contribution is 0.0600. The van der Waals surface area contributed by atoms with Gasteiger partial charge in [-0.25, -0.2) is 28.7 Å². The topological polar surface area (TPSA) is 115 Å². The SMILES string of the molecule is C[C@H]1CC[C@@H](c2nc3c4cc(F)cc(F)c4nc(N)n3n2)CN1C(=O)c1ccncn1. The lowest BCUT2D eigenvalue weighted by atomic mass is 9.92. The first kappa shape index (κ1) is 19.2. The molecule has 1 fully saturated rings. The smallest absolute Gasteiger partial charge is 0.272 e. The lowest BCUT2D eigenvalue weighted by Gasteiger charge is -2.36. The molecule has 2 atom stereocenters. The molecule has 3 aromatic heterocycles. The average molecular weight is 424 g/mol. The van der Waals surface area contributed by atoms with E-state index in [-0.39, 0.29) is 40.4 Å². The maximum atomic E-state index is 14.2. The van der Waals surface area contributed by atoms with Crippen molar-refractivity contribution in [2.45, 2.75) is 31.7 Å². The van der Waals surface area contributed by atoms with Crippen molar-refractivity contribution in [3.8, 4) is 0 Å². The zero-order valence-corrected chi connectivity index (χ0v) is 16.5. The number of anilines is 1. The molecule has 4 aromatic rings. The van der Waals surface area contributed by atoms with Crippen LogP contribution < -0.4 is 5.73 Å². The van der Waals surface area contributed by atoms with Crippen LogP contribution in [0.15, 0.2) is 30.7 Å². The van der Waals surface area contributed by atoms with Gasteiger partial charge in [0, 0.05) is 30.8 Å². The number of carbonyl (C=O) groups excluding carboxylic acids is 1. The van der Waals surface area contributed by atoms with E-state index in [0.717, 1.165) is 25.0 Å². The van der Waals surface area contributed by atoms with E-state index in [1.54, 1.807) is 11.0 Å². The van der Waals surface area contributed by atoms with Crippen molar-refractivity contribution >= 4 is 28.4 Å². The van der Waals surface area contributed by atoms with Crippen molar-refractivity contribution in [2.75, 3.05) is 12.3 Å². The monoisotopic (exact) mass is 424 g/mol. The normalized spacial score (nSPS) is 19.3. The second kappa shape index (κ2) is 7.18. The number of aromatic nitrogens is 6. The third-order valence-electron chi connectivity index (χ3n) is 5.65. The van der Waals surface area contributed by atoms with Gasteiger partial charge in [-0.05, 0) is 31.9 Å². The molecule has 0 saturated carbocycles. The number of carbonyl (C=O) groups is 1. The van der Waals surface area contributed by atoms with Crippen molar-refractivity contribution in [3.05, 3.63) is 53.9 Å². The Bertz CT molecular complexity index is 1310. The molecule has 0 spiro atoms. The highest BCUT2D eigenvalue weighted by Gasteiger charge is 2.33. The molecule has 0 bridgehead atoms. The summed E-state index contributed by atoms with van der Waals surface area (Å²) >= 11 is 0. The molecule has 158 valence electrons. The molecule has 1 saturated heterocycles. The molecule has 0 unspecified atom stereocenters. The Hall–Kier alpha value is -3.76. The van der Waals surface area contributed by atoms with Gasteiger partial charge in [0.15, 0.2) is 17.3 Å². The minimum absolute atomic E-state index is 0.0199. The molecular weight excluding hydrogens is 406 g/mol. The molecule has 11 heteroatoms. The van der Waals surface area contributed by atoms with E-state index >= 15 is 0 Å². The maximum Gasteiger partial charge on any atom is 0.272 e. The number of nitrogens with zero attached hydrogens (tertiary/aromatic N) is 7. The number of halogens is 2. The molecule has 5 rings (SSSR count). The van der Waals surface area contributed by atoms with Gasteiger partial charge < -0.3 is 10.6 Å². The fourth-order valence-electron chi connectivity index (χ4n) is 4.01. The van der Waals surface area contributed by atoms with Crippen LogP contribution in [-0.2, 0) is 0 Å². The van der Waals surface area contributed by atoms with Crippen LogP contribution in [0, 0.1) is 11.6 Å². The molecule has 1 aromatic carbocycles. The fourth-order valence-corrected chi connectivity index (χ4v) is 4.01. The molecule has 2 N–H and O–H groups in total. The van der Waals surface area contributed by atoms with E-state index in [2.05, 4.69) is 25.0 Å². The molecule has 1 aliphatic rings. The summed E-state index contributed by atoms with van der Waals surface area (Å²) in [6.45, 7) is 2.36. The van der Waals surface area contributed by atoms with Crippen LogP contribution >= 0.6 is 0 Å². The first-order chi connectivity index (χ1) is 14.9. The second-order valence-corrected chi connectivity index (χ2v) is 7.63. The van der Waals surface area contributed by atoms with Crippen LogP contribution in [0.2, 0.25) is 0 Å². The summed E-state index contributed by atoms with van der Waals surface area (Å²) in [4.78, 5) is 31.1. The number of rotatable bonds is 2. The quantitative estimate of drug-likeness (QED) is 0.525. The minimum Gasteiger partial charge on any atom is -0.368 e. The Morgan fingerprint density at radius 3 is 2.84 bits per heavy atom. The molecule has 0 radical (unpaired) electrons. The van der Waals surface area contributed by atoms with Crippen molar-refractivity contribution in [1.82, 2.24) is 34.4 Å². The Kier molecular flexibility index (Phi) is 4.45. The second-order valence-electron chi connectivity index (χ2n) is 7.63. The molecule has 1 aliphatic heterocycles. The highest BCUT2D eigenvalue weighted by atomic mass is 19.1. The molecule has 4 heterocycles. The number of fused-ring (bicyclic) bond motifs is 3. The number of hydrogen-bond donors (Lipinski definition) is 1. The van der Waals surface area contributed by atoms with Gasteiger partial charge in [-0.15, -0.1) is 5.10 Å². The molecular formula is C20H18F2N8O. The zero-order valence-electron chi connectivity index (χ0n) is 16.5. The highest BCUT2D eigenvalue weighted by Crippen LogP contribution is 2.31. The first-order valence-electron chi connectivity index (χ1n) is 9.80. The summed E-state index contributed by atoms with van der Waals surface area (Å²) in [7, 11) is 0. The van der Waals surface area contributed by atoms with Gasteiger partial charge in [0.2, 0.25) is 5.95 Å². The Labute approximate surface area is 174 Å². The van der Waals surface area contributed by atoms with E-state index in [0.29, 0.717) is 18.1 Å². The number of likely N-dealkylation sites (tertiary alicyclic amines) is 1. The summed E-state index contributed by atoms with van der Waals surface area (Å²) in [6, 6.07) is 3.50. The van der Waals surface area contributed by atoms with Crippen LogP contribution in [0.4, 0.5) is 14.7 Å². The molecule has 1 amide bonds. The summed E-state index contributed by atoms with van der Waals surface area (Å²) in [5.41, 5.74) is 6.43. The third kappa shape index (κ3) is 3.22. The van der Waals surface area contributed by atoms with E-state index in [4.69, 9.17) is 5.73 Å². The highest BCUT2D eigenvalue weighted by molar-refractivity contribution is 5.93. The van der Waals surface area contributed by atoms with Crippen molar-refractivity contribution in [1.29, 1.82) is 0 Å². The summed E-state index contributed by atoms with van der Waals surface area (Å²) < 4.78 is 29.3.